The van der Waals surface area contributed by atoms with E-state index in [-0.39, 0.29) is 0 Å². The zero-order valence-corrected chi connectivity index (χ0v) is 13.5. The standard InChI is InChI=1S/C15H22N4S/c1-9-10(2)20-14-12(9)13(16)17-11(18-14)7-19-6-5-15(3,4)8-19/h5-8H2,1-4H3,(H2,16,17,18). The van der Waals surface area contributed by atoms with Gasteiger partial charge in [-0.05, 0) is 37.8 Å². The fourth-order valence-electron chi connectivity index (χ4n) is 2.96. The molecule has 0 bridgehead atoms. The lowest BCUT2D eigenvalue weighted by atomic mass is 9.93. The van der Waals surface area contributed by atoms with E-state index >= 15 is 0 Å². The summed E-state index contributed by atoms with van der Waals surface area (Å²) in [5, 5.41) is 1.04. The maximum Gasteiger partial charge on any atom is 0.146 e. The highest BCUT2D eigenvalue weighted by atomic mass is 32.1. The zero-order chi connectivity index (χ0) is 14.5. The average Bonchev–Trinajstić information content (AvgIpc) is 2.80. The van der Waals surface area contributed by atoms with Gasteiger partial charge in [0.05, 0.1) is 11.9 Å². The van der Waals surface area contributed by atoms with E-state index in [1.54, 1.807) is 11.3 Å². The molecule has 0 saturated carbocycles. The second-order valence-electron chi connectivity index (χ2n) is 6.61. The van der Waals surface area contributed by atoms with E-state index in [9.17, 15) is 0 Å². The van der Waals surface area contributed by atoms with Gasteiger partial charge in [0.2, 0.25) is 0 Å². The van der Waals surface area contributed by atoms with Crippen molar-refractivity contribution in [2.24, 2.45) is 5.41 Å². The van der Waals surface area contributed by atoms with Crippen LogP contribution in [0.25, 0.3) is 10.2 Å². The van der Waals surface area contributed by atoms with Crippen LogP contribution in [0.2, 0.25) is 0 Å². The topological polar surface area (TPSA) is 55.0 Å². The van der Waals surface area contributed by atoms with Gasteiger partial charge < -0.3 is 5.73 Å². The number of thiophene rings is 1. The first-order valence-electron chi connectivity index (χ1n) is 7.10. The molecule has 0 unspecified atom stereocenters. The van der Waals surface area contributed by atoms with E-state index in [1.807, 2.05) is 0 Å². The predicted molar refractivity (Wildman–Crippen MR) is 85.0 cm³/mol. The molecule has 1 fully saturated rings. The third-order valence-corrected chi connectivity index (χ3v) is 5.33. The largest absolute Gasteiger partial charge is 0.383 e. The summed E-state index contributed by atoms with van der Waals surface area (Å²) in [5.41, 5.74) is 7.76. The summed E-state index contributed by atoms with van der Waals surface area (Å²) < 4.78 is 0. The first kappa shape index (κ1) is 13.8. The number of nitrogens with zero attached hydrogens (tertiary/aromatic N) is 3. The van der Waals surface area contributed by atoms with Crippen molar-refractivity contribution in [2.45, 2.75) is 40.7 Å². The van der Waals surface area contributed by atoms with E-state index in [4.69, 9.17) is 10.7 Å². The number of nitrogen functional groups attached to an aromatic ring is 1. The number of nitrogens with two attached hydrogens (primary N) is 1. The lowest BCUT2D eigenvalue weighted by molar-refractivity contribution is 0.279. The highest BCUT2D eigenvalue weighted by molar-refractivity contribution is 7.18. The summed E-state index contributed by atoms with van der Waals surface area (Å²) in [6.45, 7) is 11.9. The molecule has 0 atom stereocenters. The molecule has 1 aliphatic rings. The number of aryl methyl sites for hydroxylation is 2. The Morgan fingerprint density at radius 1 is 1.30 bits per heavy atom. The number of hydrogen-bond acceptors (Lipinski definition) is 5. The molecule has 0 amide bonds. The monoisotopic (exact) mass is 290 g/mol. The van der Waals surface area contributed by atoms with Gasteiger partial charge in [-0.1, -0.05) is 13.8 Å². The van der Waals surface area contributed by atoms with Gasteiger partial charge in [-0.15, -0.1) is 11.3 Å². The van der Waals surface area contributed by atoms with Crippen molar-refractivity contribution in [3.8, 4) is 0 Å². The molecule has 0 aromatic carbocycles. The van der Waals surface area contributed by atoms with E-state index in [1.165, 1.54) is 16.9 Å². The number of likely N-dealkylation sites (tertiary alicyclic amines) is 1. The molecule has 3 heterocycles. The maximum atomic E-state index is 6.14. The highest BCUT2D eigenvalue weighted by Crippen LogP contribution is 2.33. The van der Waals surface area contributed by atoms with Crippen molar-refractivity contribution in [1.29, 1.82) is 0 Å². The molecule has 108 valence electrons. The Morgan fingerprint density at radius 3 is 2.70 bits per heavy atom. The van der Waals surface area contributed by atoms with Gasteiger partial charge in [0.25, 0.3) is 0 Å². The fraction of sp³-hybridized carbons (Fsp3) is 0.600. The Morgan fingerprint density at radius 2 is 2.05 bits per heavy atom. The first-order valence-corrected chi connectivity index (χ1v) is 7.92. The van der Waals surface area contributed by atoms with Crippen molar-refractivity contribution >= 4 is 27.4 Å². The van der Waals surface area contributed by atoms with Crippen molar-refractivity contribution in [2.75, 3.05) is 18.8 Å². The van der Waals surface area contributed by atoms with Crippen molar-refractivity contribution in [3.05, 3.63) is 16.3 Å². The molecular formula is C15H22N4S. The molecule has 4 nitrogen and oxygen atoms in total. The van der Waals surface area contributed by atoms with Gasteiger partial charge in [-0.25, -0.2) is 9.97 Å². The van der Waals surface area contributed by atoms with Crippen LogP contribution in [-0.2, 0) is 6.54 Å². The third-order valence-electron chi connectivity index (χ3n) is 4.22. The zero-order valence-electron chi connectivity index (χ0n) is 12.7. The normalized spacial score (nSPS) is 19.0. The summed E-state index contributed by atoms with van der Waals surface area (Å²) >= 11 is 1.72. The minimum Gasteiger partial charge on any atom is -0.383 e. The van der Waals surface area contributed by atoms with Crippen molar-refractivity contribution in [3.63, 3.8) is 0 Å². The molecule has 2 N–H and O–H groups in total. The van der Waals surface area contributed by atoms with Gasteiger partial charge in [0, 0.05) is 11.4 Å². The van der Waals surface area contributed by atoms with Crippen LogP contribution in [-0.4, -0.2) is 28.0 Å². The van der Waals surface area contributed by atoms with E-state index in [0.29, 0.717) is 11.2 Å². The van der Waals surface area contributed by atoms with E-state index in [0.717, 1.165) is 35.7 Å². The summed E-state index contributed by atoms with van der Waals surface area (Å²) in [6, 6.07) is 0. The second-order valence-corrected chi connectivity index (χ2v) is 7.82. The third kappa shape index (κ3) is 2.40. The minimum absolute atomic E-state index is 0.408. The maximum absolute atomic E-state index is 6.14. The summed E-state index contributed by atoms with van der Waals surface area (Å²) in [7, 11) is 0. The summed E-state index contributed by atoms with van der Waals surface area (Å²) in [6.07, 6.45) is 1.24. The molecule has 2 aromatic heterocycles. The average molecular weight is 290 g/mol. The Hall–Kier alpha value is -1.20. The van der Waals surface area contributed by atoms with Crippen LogP contribution in [0.15, 0.2) is 0 Å². The quantitative estimate of drug-likeness (QED) is 0.923. The van der Waals surface area contributed by atoms with Gasteiger partial charge in [0.1, 0.15) is 16.5 Å². The fourth-order valence-corrected chi connectivity index (χ4v) is 4.01. The second kappa shape index (κ2) is 4.67. The van der Waals surface area contributed by atoms with Crippen molar-refractivity contribution in [1.82, 2.24) is 14.9 Å². The molecule has 0 aliphatic carbocycles. The Labute approximate surface area is 124 Å². The predicted octanol–water partition coefficient (Wildman–Crippen LogP) is 3.12. The molecule has 1 saturated heterocycles. The van der Waals surface area contributed by atoms with Gasteiger partial charge in [-0.2, -0.15) is 0 Å². The van der Waals surface area contributed by atoms with E-state index < -0.39 is 0 Å². The number of rotatable bonds is 2. The first-order chi connectivity index (χ1) is 9.35. The molecule has 0 spiro atoms. The number of hydrogen-bond donors (Lipinski definition) is 1. The molecule has 3 rings (SSSR count). The Balaban J connectivity index is 1.90. The summed E-state index contributed by atoms with van der Waals surface area (Å²) in [5.74, 6) is 1.49. The van der Waals surface area contributed by atoms with Crippen LogP contribution >= 0.6 is 11.3 Å². The smallest absolute Gasteiger partial charge is 0.146 e. The molecule has 2 aromatic rings. The van der Waals surface area contributed by atoms with Gasteiger partial charge in [0.15, 0.2) is 0 Å². The minimum atomic E-state index is 0.408. The number of fused-ring (bicyclic) bond motifs is 1. The highest BCUT2D eigenvalue weighted by Gasteiger charge is 2.29. The number of aromatic nitrogens is 2. The van der Waals surface area contributed by atoms with Crippen LogP contribution in [0.3, 0.4) is 0 Å². The van der Waals surface area contributed by atoms with Crippen LogP contribution in [0.1, 0.15) is 36.5 Å². The van der Waals surface area contributed by atoms with Crippen LogP contribution in [0.5, 0.6) is 0 Å². The summed E-state index contributed by atoms with van der Waals surface area (Å²) in [4.78, 5) is 14.0. The Kier molecular flexibility index (Phi) is 3.21. The van der Waals surface area contributed by atoms with Gasteiger partial charge in [-0.3, -0.25) is 4.90 Å². The lowest BCUT2D eigenvalue weighted by Crippen LogP contribution is -2.24. The van der Waals surface area contributed by atoms with Crippen LogP contribution < -0.4 is 5.73 Å². The lowest BCUT2D eigenvalue weighted by Gasteiger charge is -2.19. The number of anilines is 1. The molecule has 0 radical (unpaired) electrons. The van der Waals surface area contributed by atoms with E-state index in [2.05, 4.69) is 37.6 Å². The van der Waals surface area contributed by atoms with Crippen LogP contribution in [0, 0.1) is 19.3 Å². The molecule has 5 heteroatoms. The van der Waals surface area contributed by atoms with Crippen molar-refractivity contribution < 1.29 is 0 Å². The Bertz CT molecular complexity index is 659. The SMILES string of the molecule is Cc1sc2nc(CN3CCC(C)(C)C3)nc(N)c2c1C. The molecular weight excluding hydrogens is 268 g/mol. The molecule has 20 heavy (non-hydrogen) atoms. The van der Waals surface area contributed by atoms with Crippen LogP contribution in [0.4, 0.5) is 5.82 Å². The van der Waals surface area contributed by atoms with Gasteiger partial charge >= 0.3 is 0 Å². The molecule has 1 aliphatic heterocycles.